The fourth-order valence-electron chi connectivity index (χ4n) is 3.90. The van der Waals surface area contributed by atoms with Crippen LogP contribution < -0.4 is 0 Å². The van der Waals surface area contributed by atoms with Gasteiger partial charge < -0.3 is 0 Å². The van der Waals surface area contributed by atoms with Crippen molar-refractivity contribution in [3.63, 3.8) is 0 Å². The molecule has 0 aliphatic heterocycles. The molecule has 0 saturated carbocycles. The van der Waals surface area contributed by atoms with Crippen molar-refractivity contribution < 1.29 is 4.79 Å². The Balaban J connectivity index is 1.38. The second-order valence-electron chi connectivity index (χ2n) is 8.37. The van der Waals surface area contributed by atoms with Gasteiger partial charge in [-0.2, -0.15) is 0 Å². The average molecular weight is 411 g/mol. The highest BCUT2D eigenvalue weighted by Crippen LogP contribution is 2.17. The molecule has 3 aromatic carbocycles. The summed E-state index contributed by atoms with van der Waals surface area (Å²) in [7, 11) is 0. The first kappa shape index (κ1) is 22.7. The van der Waals surface area contributed by atoms with Gasteiger partial charge in [0.25, 0.3) is 0 Å². The van der Waals surface area contributed by atoms with Crippen molar-refractivity contribution in [2.75, 3.05) is 0 Å². The molecule has 0 aliphatic carbocycles. The highest BCUT2D eigenvalue weighted by Gasteiger charge is 2.03. The summed E-state index contributed by atoms with van der Waals surface area (Å²) in [6.45, 7) is 2.03. The second-order valence-corrected chi connectivity index (χ2v) is 8.37. The molecule has 1 nitrogen and oxygen atoms in total. The summed E-state index contributed by atoms with van der Waals surface area (Å²) in [5.41, 5.74) is 5.85. The van der Waals surface area contributed by atoms with Crippen molar-refractivity contribution in [3.05, 3.63) is 113 Å². The molecule has 1 heteroatoms. The van der Waals surface area contributed by atoms with Crippen LogP contribution in [-0.2, 0) is 12.8 Å². The van der Waals surface area contributed by atoms with Gasteiger partial charge in [-0.05, 0) is 55.4 Å². The van der Waals surface area contributed by atoms with Crippen LogP contribution in [-0.4, -0.2) is 5.78 Å². The van der Waals surface area contributed by atoms with Gasteiger partial charge in [-0.3, -0.25) is 4.79 Å². The summed E-state index contributed by atoms with van der Waals surface area (Å²) >= 11 is 0. The lowest BCUT2D eigenvalue weighted by molar-refractivity contribution is 0.104. The topological polar surface area (TPSA) is 17.1 Å². The molecule has 0 unspecified atom stereocenters. The molecule has 0 spiro atoms. The first-order chi connectivity index (χ1) is 15.2. The maximum absolute atomic E-state index is 12.4. The van der Waals surface area contributed by atoms with E-state index in [1.807, 2.05) is 43.3 Å². The van der Waals surface area contributed by atoms with Gasteiger partial charge in [0.1, 0.15) is 0 Å². The van der Waals surface area contributed by atoms with E-state index in [2.05, 4.69) is 48.5 Å². The van der Waals surface area contributed by atoms with E-state index in [1.54, 1.807) is 6.08 Å². The van der Waals surface area contributed by atoms with Crippen molar-refractivity contribution in [3.8, 4) is 0 Å². The summed E-state index contributed by atoms with van der Waals surface area (Å²) < 4.78 is 0. The predicted octanol–water partition coefficient (Wildman–Crippen LogP) is 8.02. The number of ketones is 1. The fourth-order valence-corrected chi connectivity index (χ4v) is 3.90. The van der Waals surface area contributed by atoms with Gasteiger partial charge in [0.05, 0.1) is 0 Å². The van der Waals surface area contributed by atoms with Gasteiger partial charge in [-0.1, -0.05) is 116 Å². The predicted molar refractivity (Wildman–Crippen MR) is 133 cm³/mol. The van der Waals surface area contributed by atoms with Gasteiger partial charge in [0, 0.05) is 5.56 Å². The Kier molecular flexibility index (Phi) is 9.32. The lowest BCUT2D eigenvalue weighted by atomic mass is 9.99. The summed E-state index contributed by atoms with van der Waals surface area (Å²) in [6, 6.07) is 27.0. The fraction of sp³-hybridized carbons (Fsp3) is 0.300. The highest BCUT2D eigenvalue weighted by molar-refractivity contribution is 6.06. The average Bonchev–Trinajstić information content (AvgIpc) is 2.81. The van der Waals surface area contributed by atoms with Gasteiger partial charge >= 0.3 is 0 Å². The van der Waals surface area contributed by atoms with E-state index >= 15 is 0 Å². The third kappa shape index (κ3) is 8.02. The number of rotatable bonds is 12. The molecule has 0 amide bonds. The van der Waals surface area contributed by atoms with Gasteiger partial charge in [0.2, 0.25) is 0 Å². The van der Waals surface area contributed by atoms with Crippen LogP contribution >= 0.6 is 0 Å². The van der Waals surface area contributed by atoms with Gasteiger partial charge in [0.15, 0.2) is 5.78 Å². The summed E-state index contributed by atoms with van der Waals surface area (Å²) in [6.07, 6.45) is 13.6. The highest BCUT2D eigenvalue weighted by atomic mass is 16.1. The van der Waals surface area contributed by atoms with Crippen LogP contribution in [0.2, 0.25) is 0 Å². The van der Waals surface area contributed by atoms with Crippen molar-refractivity contribution in [1.29, 1.82) is 0 Å². The van der Waals surface area contributed by atoms with Gasteiger partial charge in [-0.25, -0.2) is 0 Å². The van der Waals surface area contributed by atoms with Crippen molar-refractivity contribution in [2.45, 2.75) is 58.3 Å². The Morgan fingerprint density at radius 1 is 0.677 bits per heavy atom. The molecule has 0 aromatic heterocycles. The number of carbonyl (C=O) groups excluding carboxylic acids is 1. The molecule has 0 atom stereocenters. The number of hydrogen-bond donors (Lipinski definition) is 0. The number of benzene rings is 3. The van der Waals surface area contributed by atoms with Crippen LogP contribution in [0.25, 0.3) is 6.08 Å². The van der Waals surface area contributed by atoms with Crippen LogP contribution in [0.1, 0.15) is 71.1 Å². The number of unbranched alkanes of at least 4 members (excludes halogenated alkanes) is 5. The van der Waals surface area contributed by atoms with E-state index < -0.39 is 0 Å². The van der Waals surface area contributed by atoms with E-state index in [1.165, 1.54) is 61.6 Å². The molecule has 3 aromatic rings. The van der Waals surface area contributed by atoms with Crippen molar-refractivity contribution in [2.24, 2.45) is 0 Å². The standard InChI is InChI=1S/C30H34O/c1-25-19-21-29(22-20-25)30(31)24-23-28-18-12-11-17-27(28)16-10-5-3-2-4-7-13-26-14-8-6-9-15-26/h6,8-9,11-12,14-15,17-24H,2-5,7,10,13,16H2,1H3. The number of hydrogen-bond acceptors (Lipinski definition) is 1. The number of aryl methyl sites for hydroxylation is 3. The van der Waals surface area contributed by atoms with Crippen LogP contribution in [0.5, 0.6) is 0 Å². The zero-order valence-electron chi connectivity index (χ0n) is 18.7. The second kappa shape index (κ2) is 12.7. The third-order valence-electron chi connectivity index (χ3n) is 5.81. The summed E-state index contributed by atoms with van der Waals surface area (Å²) in [5, 5.41) is 0. The van der Waals surface area contributed by atoms with E-state index in [4.69, 9.17) is 0 Å². The molecule has 0 bridgehead atoms. The smallest absolute Gasteiger partial charge is 0.185 e. The Hall–Kier alpha value is -2.93. The first-order valence-corrected chi connectivity index (χ1v) is 11.6. The Morgan fingerprint density at radius 2 is 1.29 bits per heavy atom. The Morgan fingerprint density at radius 3 is 2.03 bits per heavy atom. The summed E-state index contributed by atoms with van der Waals surface area (Å²) in [5.74, 6) is 0.0605. The minimum absolute atomic E-state index is 0.0605. The molecule has 0 saturated heterocycles. The van der Waals surface area contributed by atoms with E-state index in [0.717, 1.165) is 17.5 Å². The van der Waals surface area contributed by atoms with E-state index in [-0.39, 0.29) is 5.78 Å². The van der Waals surface area contributed by atoms with E-state index in [9.17, 15) is 4.79 Å². The molecule has 0 fully saturated rings. The molecular weight excluding hydrogens is 376 g/mol. The molecule has 0 heterocycles. The number of allylic oxidation sites excluding steroid dienone is 1. The maximum atomic E-state index is 12.4. The van der Waals surface area contributed by atoms with Crippen LogP contribution in [0.3, 0.4) is 0 Å². The number of carbonyl (C=O) groups is 1. The molecule has 0 radical (unpaired) electrons. The van der Waals surface area contributed by atoms with Crippen LogP contribution in [0, 0.1) is 6.92 Å². The molecule has 0 aliphatic rings. The van der Waals surface area contributed by atoms with Gasteiger partial charge in [-0.15, -0.1) is 0 Å². The quantitative estimate of drug-likeness (QED) is 0.168. The molecule has 160 valence electrons. The molecule has 3 rings (SSSR count). The minimum atomic E-state index is 0.0605. The summed E-state index contributed by atoms with van der Waals surface area (Å²) in [4.78, 5) is 12.4. The normalized spacial score (nSPS) is 11.1. The largest absolute Gasteiger partial charge is 0.289 e. The zero-order chi connectivity index (χ0) is 21.7. The SMILES string of the molecule is Cc1ccc(C(=O)C=Cc2ccccc2CCCCCCCCc2ccccc2)cc1. The maximum Gasteiger partial charge on any atom is 0.185 e. The Bertz CT molecular complexity index is 951. The van der Waals surface area contributed by atoms with E-state index in [0.29, 0.717) is 0 Å². The van der Waals surface area contributed by atoms with Crippen molar-refractivity contribution in [1.82, 2.24) is 0 Å². The molecular formula is C30H34O. The Labute approximate surface area is 187 Å². The van der Waals surface area contributed by atoms with Crippen molar-refractivity contribution >= 4 is 11.9 Å². The molecule has 0 N–H and O–H groups in total. The van der Waals surface area contributed by atoms with Crippen LogP contribution in [0.4, 0.5) is 0 Å². The lowest BCUT2D eigenvalue weighted by Gasteiger charge is -2.06. The van der Waals surface area contributed by atoms with Crippen LogP contribution in [0.15, 0.2) is 84.9 Å². The minimum Gasteiger partial charge on any atom is -0.289 e. The molecule has 31 heavy (non-hydrogen) atoms. The third-order valence-corrected chi connectivity index (χ3v) is 5.81. The monoisotopic (exact) mass is 410 g/mol. The lowest BCUT2D eigenvalue weighted by Crippen LogP contribution is -1.95. The first-order valence-electron chi connectivity index (χ1n) is 11.6. The zero-order valence-corrected chi connectivity index (χ0v) is 18.7.